The summed E-state index contributed by atoms with van der Waals surface area (Å²) in [6, 6.07) is 5.89. The minimum absolute atomic E-state index is 0.0362. The molecule has 0 radical (unpaired) electrons. The Balaban J connectivity index is 2.44. The van der Waals surface area contributed by atoms with Crippen LogP contribution in [0.25, 0.3) is 0 Å². The number of hydrogen-bond donors (Lipinski definition) is 1. The lowest BCUT2D eigenvalue weighted by Gasteiger charge is -2.41. The van der Waals surface area contributed by atoms with E-state index >= 15 is 0 Å². The highest BCUT2D eigenvalue weighted by atomic mass is 35.7. The lowest BCUT2D eigenvalue weighted by atomic mass is 9.64. The molecule has 0 saturated heterocycles. The van der Waals surface area contributed by atoms with E-state index in [1.807, 2.05) is 0 Å². The molecule has 6 heteroatoms. The molecule has 1 aromatic rings. The Bertz CT molecular complexity index is 619. The number of benzene rings is 1. The minimum Gasteiger partial charge on any atom is -0.321 e. The van der Waals surface area contributed by atoms with Gasteiger partial charge in [-0.1, -0.05) is 31.4 Å². The van der Waals surface area contributed by atoms with Crippen LogP contribution in [0.5, 0.6) is 0 Å². The highest BCUT2D eigenvalue weighted by molar-refractivity contribution is 8.13. The van der Waals surface area contributed by atoms with Crippen molar-refractivity contribution in [1.29, 1.82) is 0 Å². The van der Waals surface area contributed by atoms with Gasteiger partial charge in [0.15, 0.2) is 0 Å². The van der Waals surface area contributed by atoms with Gasteiger partial charge in [-0.2, -0.15) is 0 Å². The Hall–Kier alpha value is -0.910. The normalized spacial score (nSPS) is 20.0. The van der Waals surface area contributed by atoms with Gasteiger partial charge in [0.1, 0.15) is 5.78 Å². The molecule has 0 spiro atoms. The summed E-state index contributed by atoms with van der Waals surface area (Å²) < 4.78 is 22.7. The van der Waals surface area contributed by atoms with E-state index < -0.39 is 20.5 Å². The van der Waals surface area contributed by atoms with E-state index in [1.165, 1.54) is 19.1 Å². The Morgan fingerprint density at radius 1 is 1.19 bits per heavy atom. The van der Waals surface area contributed by atoms with Crippen molar-refractivity contribution in [2.75, 3.05) is 0 Å². The molecule has 0 aromatic heterocycles. The second-order valence-corrected chi connectivity index (χ2v) is 8.33. The van der Waals surface area contributed by atoms with Crippen LogP contribution in [0.4, 0.5) is 0 Å². The molecule has 1 aromatic carbocycles. The molecule has 0 aliphatic heterocycles. The molecule has 2 rings (SSSR count). The predicted octanol–water partition coefficient (Wildman–Crippen LogP) is 2.73. The molecular weight excluding hydrogens is 310 g/mol. The van der Waals surface area contributed by atoms with Gasteiger partial charge in [-0.25, -0.2) is 8.42 Å². The highest BCUT2D eigenvalue weighted by Crippen LogP contribution is 2.42. The van der Waals surface area contributed by atoms with Crippen LogP contribution in [0.15, 0.2) is 29.2 Å². The first-order valence-electron chi connectivity index (χ1n) is 7.09. The van der Waals surface area contributed by atoms with Crippen LogP contribution in [0, 0.1) is 0 Å². The number of hydrogen-bond acceptors (Lipinski definition) is 4. The summed E-state index contributed by atoms with van der Waals surface area (Å²) >= 11 is 0. The van der Waals surface area contributed by atoms with Crippen LogP contribution in [0.2, 0.25) is 0 Å². The van der Waals surface area contributed by atoms with Crippen LogP contribution >= 0.6 is 10.7 Å². The van der Waals surface area contributed by atoms with Crippen LogP contribution in [-0.4, -0.2) is 20.2 Å². The van der Waals surface area contributed by atoms with Crippen LogP contribution in [-0.2, 0) is 19.3 Å². The van der Waals surface area contributed by atoms with Gasteiger partial charge in [-0.15, -0.1) is 0 Å². The first-order chi connectivity index (χ1) is 9.77. The number of ketones is 1. The fourth-order valence-electron chi connectivity index (χ4n) is 3.30. The zero-order valence-electron chi connectivity index (χ0n) is 12.0. The predicted molar refractivity (Wildman–Crippen MR) is 82.9 cm³/mol. The molecule has 0 bridgehead atoms. The Morgan fingerprint density at radius 3 is 2.14 bits per heavy atom. The molecule has 0 amide bonds. The molecule has 1 unspecified atom stereocenters. The molecule has 116 valence electrons. The maximum absolute atomic E-state index is 11.8. The van der Waals surface area contributed by atoms with Crippen molar-refractivity contribution in [3.63, 3.8) is 0 Å². The smallest absolute Gasteiger partial charge is 0.261 e. The lowest BCUT2D eigenvalue weighted by molar-refractivity contribution is -0.120. The van der Waals surface area contributed by atoms with Gasteiger partial charge in [-0.05, 0) is 37.5 Å². The maximum atomic E-state index is 11.8. The SMILES string of the molecule is CC(=O)C(N)C1(c2ccc(S(=O)(=O)Cl)cc2)CCCCC1. The van der Waals surface area contributed by atoms with Gasteiger partial charge in [0.25, 0.3) is 9.05 Å². The van der Waals surface area contributed by atoms with Crippen molar-refractivity contribution in [1.82, 2.24) is 0 Å². The summed E-state index contributed by atoms with van der Waals surface area (Å²) in [5.74, 6) is -0.0362. The van der Waals surface area contributed by atoms with E-state index in [-0.39, 0.29) is 10.7 Å². The largest absolute Gasteiger partial charge is 0.321 e. The molecule has 4 nitrogen and oxygen atoms in total. The average Bonchev–Trinajstić information content (AvgIpc) is 2.46. The standard InChI is InChI=1S/C15H20ClNO3S/c1-11(18)14(17)15(9-3-2-4-10-15)12-5-7-13(8-6-12)21(16,19)20/h5-8,14H,2-4,9-10,17H2,1H3. The molecule has 1 aliphatic rings. The van der Waals surface area contributed by atoms with Crippen molar-refractivity contribution < 1.29 is 13.2 Å². The molecule has 1 saturated carbocycles. The Morgan fingerprint density at radius 2 is 1.71 bits per heavy atom. The van der Waals surface area contributed by atoms with Crippen LogP contribution in [0.1, 0.15) is 44.6 Å². The van der Waals surface area contributed by atoms with Crippen LogP contribution < -0.4 is 5.73 Å². The van der Waals surface area contributed by atoms with Crippen molar-refractivity contribution in [2.24, 2.45) is 5.73 Å². The third-order valence-corrected chi connectivity index (χ3v) is 5.86. The first-order valence-corrected chi connectivity index (χ1v) is 9.39. The third kappa shape index (κ3) is 3.30. The van der Waals surface area contributed by atoms with Gasteiger partial charge in [0.05, 0.1) is 10.9 Å². The second-order valence-electron chi connectivity index (χ2n) is 5.77. The molecule has 1 aliphatic carbocycles. The summed E-state index contributed by atoms with van der Waals surface area (Å²) in [6.45, 7) is 1.51. The second kappa shape index (κ2) is 6.07. The summed E-state index contributed by atoms with van der Waals surface area (Å²) in [6.07, 6.45) is 4.88. The molecule has 2 N–H and O–H groups in total. The molecule has 1 fully saturated rings. The van der Waals surface area contributed by atoms with E-state index in [1.54, 1.807) is 12.1 Å². The summed E-state index contributed by atoms with van der Waals surface area (Å²) in [4.78, 5) is 11.9. The number of carbonyl (C=O) groups is 1. The maximum Gasteiger partial charge on any atom is 0.261 e. The van der Waals surface area contributed by atoms with Crippen molar-refractivity contribution >= 4 is 25.5 Å². The zero-order valence-corrected chi connectivity index (χ0v) is 13.6. The monoisotopic (exact) mass is 329 g/mol. The first kappa shape index (κ1) is 16.5. The quantitative estimate of drug-likeness (QED) is 0.862. The summed E-state index contributed by atoms with van der Waals surface area (Å²) in [7, 11) is 1.61. The van der Waals surface area contributed by atoms with Gasteiger partial charge in [0, 0.05) is 16.1 Å². The van der Waals surface area contributed by atoms with Gasteiger partial charge < -0.3 is 5.73 Å². The number of nitrogens with two attached hydrogens (primary N) is 1. The van der Waals surface area contributed by atoms with Crippen LogP contribution in [0.3, 0.4) is 0 Å². The van der Waals surface area contributed by atoms with Crippen molar-refractivity contribution in [3.05, 3.63) is 29.8 Å². The Labute approximate surface area is 130 Å². The molecular formula is C15H20ClNO3S. The third-order valence-electron chi connectivity index (χ3n) is 4.49. The molecule has 0 heterocycles. The average molecular weight is 330 g/mol. The molecule has 21 heavy (non-hydrogen) atoms. The number of halogens is 1. The van der Waals surface area contributed by atoms with Gasteiger partial charge in [-0.3, -0.25) is 4.79 Å². The minimum atomic E-state index is -3.73. The van der Waals surface area contributed by atoms with Crippen molar-refractivity contribution in [2.45, 2.75) is 55.4 Å². The van der Waals surface area contributed by atoms with E-state index in [9.17, 15) is 13.2 Å². The summed E-state index contributed by atoms with van der Waals surface area (Å²) in [5, 5.41) is 0. The van der Waals surface area contributed by atoms with E-state index in [0.717, 1.165) is 37.7 Å². The van der Waals surface area contributed by atoms with Gasteiger partial charge >= 0.3 is 0 Å². The van der Waals surface area contributed by atoms with Crippen molar-refractivity contribution in [3.8, 4) is 0 Å². The van der Waals surface area contributed by atoms with E-state index in [0.29, 0.717) is 0 Å². The Kier molecular flexibility index (Phi) is 4.76. The highest BCUT2D eigenvalue weighted by Gasteiger charge is 2.41. The molecule has 1 atom stereocenters. The van der Waals surface area contributed by atoms with Gasteiger partial charge in [0.2, 0.25) is 0 Å². The van der Waals surface area contributed by atoms with E-state index in [4.69, 9.17) is 16.4 Å². The number of carbonyl (C=O) groups excluding carboxylic acids is 1. The van der Waals surface area contributed by atoms with E-state index in [2.05, 4.69) is 0 Å². The fraction of sp³-hybridized carbons (Fsp3) is 0.533. The lowest BCUT2D eigenvalue weighted by Crippen LogP contribution is -2.50. The zero-order chi connectivity index (χ0) is 15.7. The summed E-state index contributed by atoms with van der Waals surface area (Å²) in [5.41, 5.74) is 6.72. The number of Topliss-reactive ketones (excluding diaryl/α,β-unsaturated/α-hetero) is 1. The number of rotatable bonds is 4. The fourth-order valence-corrected chi connectivity index (χ4v) is 4.07. The topological polar surface area (TPSA) is 77.2 Å².